The third-order valence-corrected chi connectivity index (χ3v) is 3.81. The Morgan fingerprint density at radius 3 is 3.05 bits per heavy atom. The van der Waals surface area contributed by atoms with E-state index in [0.717, 1.165) is 5.69 Å². The van der Waals surface area contributed by atoms with Gasteiger partial charge in [-0.25, -0.2) is 4.98 Å². The molecule has 1 aromatic carbocycles. The number of amides is 1. The van der Waals surface area contributed by atoms with E-state index in [0.29, 0.717) is 40.2 Å². The Kier molecular flexibility index (Phi) is 2.77. The number of aromatic nitrogens is 4. The van der Waals surface area contributed by atoms with E-state index < -0.39 is 0 Å². The summed E-state index contributed by atoms with van der Waals surface area (Å²) in [4.78, 5) is 20.8. The molecule has 0 bridgehead atoms. The van der Waals surface area contributed by atoms with Gasteiger partial charge in [-0.2, -0.15) is 4.98 Å². The zero-order valence-corrected chi connectivity index (χ0v) is 12.3. The van der Waals surface area contributed by atoms with Gasteiger partial charge in [0, 0.05) is 0 Å². The molecule has 7 nitrogen and oxygen atoms in total. The minimum Gasteiger partial charge on any atom is -0.346 e. The van der Waals surface area contributed by atoms with Crippen molar-refractivity contribution in [3.05, 3.63) is 46.6 Å². The number of nitrogens with zero attached hydrogens (tertiary/aromatic N) is 4. The Morgan fingerprint density at radius 2 is 2.27 bits per heavy atom. The number of carbonyl (C=O) groups is 1. The summed E-state index contributed by atoms with van der Waals surface area (Å²) in [5.41, 5.74) is 2.41. The van der Waals surface area contributed by atoms with Crippen molar-refractivity contribution in [2.45, 2.75) is 13.5 Å². The first kappa shape index (κ1) is 13.0. The topological polar surface area (TPSA) is 85.8 Å². The Bertz CT molecular complexity index is 899. The summed E-state index contributed by atoms with van der Waals surface area (Å²) >= 11 is 6.17. The van der Waals surface area contributed by atoms with Crippen molar-refractivity contribution in [2.24, 2.45) is 0 Å². The molecule has 4 rings (SSSR count). The molecule has 2 aromatic heterocycles. The van der Waals surface area contributed by atoms with E-state index in [9.17, 15) is 4.79 Å². The number of aryl methyl sites for hydroxylation is 1. The maximum atomic E-state index is 12.3. The van der Waals surface area contributed by atoms with Gasteiger partial charge in [0.1, 0.15) is 6.33 Å². The average Bonchev–Trinajstić information content (AvgIpc) is 3.07. The first-order valence-electron chi connectivity index (χ1n) is 6.59. The molecule has 1 amide bonds. The SMILES string of the molecule is Cc1noc(-c2ncn3c2CNC(=O)c2c(Cl)cccc2-3)n1. The second-order valence-electron chi connectivity index (χ2n) is 4.87. The molecule has 0 saturated carbocycles. The van der Waals surface area contributed by atoms with Gasteiger partial charge in [-0.05, 0) is 19.1 Å². The van der Waals surface area contributed by atoms with Gasteiger partial charge in [-0.15, -0.1) is 0 Å². The maximum absolute atomic E-state index is 12.3. The van der Waals surface area contributed by atoms with E-state index in [1.165, 1.54) is 0 Å². The van der Waals surface area contributed by atoms with Crippen molar-refractivity contribution in [3.8, 4) is 17.3 Å². The highest BCUT2D eigenvalue weighted by atomic mass is 35.5. The van der Waals surface area contributed by atoms with Crippen LogP contribution in [-0.4, -0.2) is 25.6 Å². The van der Waals surface area contributed by atoms with Crippen LogP contribution in [0.15, 0.2) is 29.0 Å². The van der Waals surface area contributed by atoms with Gasteiger partial charge < -0.3 is 9.84 Å². The highest BCUT2D eigenvalue weighted by Gasteiger charge is 2.26. The van der Waals surface area contributed by atoms with Crippen LogP contribution in [-0.2, 0) is 6.54 Å². The number of carbonyl (C=O) groups excluding carboxylic acids is 1. The Balaban J connectivity index is 1.96. The number of fused-ring (bicyclic) bond motifs is 3. The quantitative estimate of drug-likeness (QED) is 0.743. The fourth-order valence-corrected chi connectivity index (χ4v) is 2.77. The lowest BCUT2D eigenvalue weighted by Crippen LogP contribution is -2.21. The second-order valence-corrected chi connectivity index (χ2v) is 5.28. The van der Waals surface area contributed by atoms with Gasteiger partial charge in [-0.3, -0.25) is 9.36 Å². The molecular weight excluding hydrogens is 306 g/mol. The number of hydrogen-bond acceptors (Lipinski definition) is 5. The number of halogens is 1. The predicted molar refractivity (Wildman–Crippen MR) is 77.8 cm³/mol. The van der Waals surface area contributed by atoms with Gasteiger partial charge in [-0.1, -0.05) is 22.8 Å². The summed E-state index contributed by atoms with van der Waals surface area (Å²) in [7, 11) is 0. The Hall–Kier alpha value is -2.67. The largest absolute Gasteiger partial charge is 0.346 e. The zero-order chi connectivity index (χ0) is 15.3. The van der Waals surface area contributed by atoms with Crippen LogP contribution >= 0.6 is 11.6 Å². The molecule has 0 atom stereocenters. The third-order valence-electron chi connectivity index (χ3n) is 3.49. The van der Waals surface area contributed by atoms with Crippen LogP contribution in [0, 0.1) is 6.92 Å². The molecule has 0 spiro atoms. The van der Waals surface area contributed by atoms with Crippen LogP contribution in [0.3, 0.4) is 0 Å². The van der Waals surface area contributed by atoms with Crippen LogP contribution in [0.2, 0.25) is 5.02 Å². The first-order valence-corrected chi connectivity index (χ1v) is 6.97. The van der Waals surface area contributed by atoms with Crippen molar-refractivity contribution >= 4 is 17.5 Å². The van der Waals surface area contributed by atoms with Gasteiger partial charge in [0.15, 0.2) is 11.5 Å². The van der Waals surface area contributed by atoms with Crippen molar-refractivity contribution in [1.29, 1.82) is 0 Å². The summed E-state index contributed by atoms with van der Waals surface area (Å²) in [6.07, 6.45) is 1.62. The fourth-order valence-electron chi connectivity index (χ4n) is 2.51. The molecule has 0 saturated heterocycles. The van der Waals surface area contributed by atoms with Gasteiger partial charge >= 0.3 is 0 Å². The lowest BCUT2D eigenvalue weighted by Gasteiger charge is -2.08. The molecule has 22 heavy (non-hydrogen) atoms. The summed E-state index contributed by atoms with van der Waals surface area (Å²) in [5, 5.41) is 7.00. The highest BCUT2D eigenvalue weighted by Crippen LogP contribution is 2.30. The zero-order valence-electron chi connectivity index (χ0n) is 11.5. The van der Waals surface area contributed by atoms with Crippen molar-refractivity contribution in [2.75, 3.05) is 0 Å². The van der Waals surface area contributed by atoms with Crippen molar-refractivity contribution < 1.29 is 9.32 Å². The van der Waals surface area contributed by atoms with Crippen LogP contribution < -0.4 is 5.32 Å². The average molecular weight is 316 g/mol. The first-order chi connectivity index (χ1) is 10.6. The second kappa shape index (κ2) is 4.67. The smallest absolute Gasteiger partial charge is 0.278 e. The summed E-state index contributed by atoms with van der Waals surface area (Å²) < 4.78 is 6.99. The number of benzene rings is 1. The number of imidazole rings is 1. The Morgan fingerprint density at radius 1 is 1.41 bits per heavy atom. The van der Waals surface area contributed by atoms with Crippen molar-refractivity contribution in [1.82, 2.24) is 25.0 Å². The van der Waals surface area contributed by atoms with Crippen molar-refractivity contribution in [3.63, 3.8) is 0 Å². The Labute approximate surface area is 129 Å². The standard InChI is InChI=1S/C14H10ClN5O2/c1-7-18-14(22-19-7)12-10-5-16-13(21)11-8(15)3-2-4-9(11)20(10)6-17-12/h2-4,6H,5H2,1H3,(H,16,21). The number of nitrogens with one attached hydrogen (secondary N) is 1. The fraction of sp³-hybridized carbons (Fsp3) is 0.143. The minimum atomic E-state index is -0.225. The molecule has 3 aromatic rings. The molecular formula is C14H10ClN5O2. The number of hydrogen-bond donors (Lipinski definition) is 1. The van der Waals surface area contributed by atoms with E-state index in [1.807, 2.05) is 10.6 Å². The third kappa shape index (κ3) is 1.82. The monoisotopic (exact) mass is 315 g/mol. The highest BCUT2D eigenvalue weighted by molar-refractivity contribution is 6.34. The van der Waals surface area contributed by atoms with Gasteiger partial charge in [0.25, 0.3) is 11.8 Å². The number of rotatable bonds is 1. The van der Waals surface area contributed by atoms with E-state index in [2.05, 4.69) is 20.4 Å². The maximum Gasteiger partial charge on any atom is 0.278 e. The molecule has 1 aliphatic heterocycles. The molecule has 110 valence electrons. The van der Waals surface area contributed by atoms with Gasteiger partial charge in [0.05, 0.1) is 28.5 Å². The molecule has 0 unspecified atom stereocenters. The molecule has 0 aliphatic carbocycles. The summed E-state index contributed by atoms with van der Waals surface area (Å²) in [5.74, 6) is 0.626. The molecule has 1 N–H and O–H groups in total. The summed E-state index contributed by atoms with van der Waals surface area (Å²) in [6.45, 7) is 2.03. The predicted octanol–water partition coefficient (Wildman–Crippen LogP) is 2.13. The molecule has 8 heteroatoms. The van der Waals surface area contributed by atoms with E-state index in [1.54, 1.807) is 25.4 Å². The molecule has 0 fully saturated rings. The van der Waals surface area contributed by atoms with Crippen LogP contribution in [0.25, 0.3) is 17.3 Å². The van der Waals surface area contributed by atoms with E-state index in [4.69, 9.17) is 16.1 Å². The van der Waals surface area contributed by atoms with E-state index in [-0.39, 0.29) is 5.91 Å². The van der Waals surface area contributed by atoms with E-state index >= 15 is 0 Å². The van der Waals surface area contributed by atoms with Crippen LogP contribution in [0.1, 0.15) is 21.9 Å². The summed E-state index contributed by atoms with van der Waals surface area (Å²) in [6, 6.07) is 5.30. The molecule has 0 radical (unpaired) electrons. The van der Waals surface area contributed by atoms with Gasteiger partial charge in [0.2, 0.25) is 0 Å². The lowest BCUT2D eigenvalue weighted by molar-refractivity contribution is 0.0953. The minimum absolute atomic E-state index is 0.225. The van der Waals surface area contributed by atoms with Crippen LogP contribution in [0.5, 0.6) is 0 Å². The normalized spacial score (nSPS) is 13.3. The molecule has 3 heterocycles. The van der Waals surface area contributed by atoms with Crippen LogP contribution in [0.4, 0.5) is 0 Å². The lowest BCUT2D eigenvalue weighted by atomic mass is 10.1. The molecule has 1 aliphatic rings.